The zero-order valence-electron chi connectivity index (χ0n) is 13.0. The molecule has 0 spiro atoms. The summed E-state index contributed by atoms with van der Waals surface area (Å²) in [7, 11) is -3.59. The van der Waals surface area contributed by atoms with Gasteiger partial charge in [0.05, 0.1) is 4.90 Å². The zero-order chi connectivity index (χ0) is 16.4. The summed E-state index contributed by atoms with van der Waals surface area (Å²) in [6.07, 6.45) is 0.439. The molecule has 0 bridgehead atoms. The molecule has 7 nitrogen and oxygen atoms in total. The van der Waals surface area contributed by atoms with Crippen LogP contribution in [0, 0.1) is 0 Å². The lowest BCUT2D eigenvalue weighted by atomic mass is 10.3. The van der Waals surface area contributed by atoms with E-state index in [2.05, 4.69) is 0 Å². The number of rotatable bonds is 3. The van der Waals surface area contributed by atoms with E-state index in [1.807, 2.05) is 0 Å². The van der Waals surface area contributed by atoms with Crippen LogP contribution < -0.4 is 9.47 Å². The Bertz CT molecular complexity index is 696. The van der Waals surface area contributed by atoms with E-state index in [0.29, 0.717) is 57.3 Å². The van der Waals surface area contributed by atoms with Crippen LogP contribution in [0.25, 0.3) is 0 Å². The third-order valence-electron chi connectivity index (χ3n) is 4.05. The second kappa shape index (κ2) is 6.37. The van der Waals surface area contributed by atoms with Crippen LogP contribution in [0.1, 0.15) is 13.3 Å². The summed E-state index contributed by atoms with van der Waals surface area (Å²) in [5.41, 5.74) is 0. The van der Waals surface area contributed by atoms with Crippen molar-refractivity contribution in [2.24, 2.45) is 0 Å². The summed E-state index contributed by atoms with van der Waals surface area (Å²) in [6.45, 7) is 4.15. The SMILES string of the molecule is CCC(=O)N1CCN(S(=O)(=O)c2ccc3c(c2)OCCO3)CC1. The number of amides is 1. The predicted octanol–water partition coefficient (Wildman–Crippen LogP) is 0.701. The average Bonchev–Trinajstić information content (AvgIpc) is 2.60. The molecule has 0 aliphatic carbocycles. The second-order valence-corrected chi connectivity index (χ2v) is 7.38. The lowest BCUT2D eigenvalue weighted by Crippen LogP contribution is -2.50. The largest absolute Gasteiger partial charge is 0.486 e. The number of hydrogen-bond acceptors (Lipinski definition) is 5. The summed E-state index contributed by atoms with van der Waals surface area (Å²) >= 11 is 0. The minimum absolute atomic E-state index is 0.0568. The number of hydrogen-bond donors (Lipinski definition) is 0. The highest BCUT2D eigenvalue weighted by Crippen LogP contribution is 2.33. The molecule has 2 aliphatic heterocycles. The predicted molar refractivity (Wildman–Crippen MR) is 83.1 cm³/mol. The first-order valence-electron chi connectivity index (χ1n) is 7.70. The molecule has 1 saturated heterocycles. The molecular weight excluding hydrogens is 320 g/mol. The Kier molecular flexibility index (Phi) is 4.45. The maximum atomic E-state index is 12.7. The molecule has 0 atom stereocenters. The Morgan fingerprint density at radius 1 is 1.09 bits per heavy atom. The number of fused-ring (bicyclic) bond motifs is 1. The van der Waals surface area contributed by atoms with Gasteiger partial charge in [0.15, 0.2) is 11.5 Å². The highest BCUT2D eigenvalue weighted by molar-refractivity contribution is 7.89. The van der Waals surface area contributed by atoms with Crippen molar-refractivity contribution < 1.29 is 22.7 Å². The standard InChI is InChI=1S/C15H20N2O5S/c1-2-15(18)16-5-7-17(8-6-16)23(19,20)12-3-4-13-14(11-12)22-10-9-21-13/h3-4,11H,2,5-10H2,1H3. The molecule has 0 unspecified atom stereocenters. The van der Waals surface area contributed by atoms with E-state index >= 15 is 0 Å². The van der Waals surface area contributed by atoms with Crippen LogP contribution in [0.5, 0.6) is 11.5 Å². The van der Waals surface area contributed by atoms with Crippen LogP contribution in [0.15, 0.2) is 23.1 Å². The molecule has 0 radical (unpaired) electrons. The topological polar surface area (TPSA) is 76.2 Å². The molecule has 0 saturated carbocycles. The first-order valence-corrected chi connectivity index (χ1v) is 9.14. The minimum Gasteiger partial charge on any atom is -0.486 e. The van der Waals surface area contributed by atoms with Crippen molar-refractivity contribution in [2.75, 3.05) is 39.4 Å². The molecule has 0 N–H and O–H groups in total. The summed E-state index contributed by atoms with van der Waals surface area (Å²) < 4.78 is 37.8. The van der Waals surface area contributed by atoms with Gasteiger partial charge in [-0.15, -0.1) is 0 Å². The van der Waals surface area contributed by atoms with Crippen molar-refractivity contribution >= 4 is 15.9 Å². The molecule has 2 aliphatic rings. The molecule has 2 heterocycles. The van der Waals surface area contributed by atoms with Crippen LogP contribution >= 0.6 is 0 Å². The highest BCUT2D eigenvalue weighted by Gasteiger charge is 2.30. The first kappa shape index (κ1) is 16.1. The molecule has 1 aromatic rings. The molecule has 126 valence electrons. The van der Waals surface area contributed by atoms with E-state index < -0.39 is 10.0 Å². The summed E-state index contributed by atoms with van der Waals surface area (Å²) in [5.74, 6) is 1.08. The maximum Gasteiger partial charge on any atom is 0.243 e. The van der Waals surface area contributed by atoms with Gasteiger partial charge in [-0.3, -0.25) is 4.79 Å². The van der Waals surface area contributed by atoms with Crippen LogP contribution in [0.4, 0.5) is 0 Å². The van der Waals surface area contributed by atoms with E-state index in [9.17, 15) is 13.2 Å². The maximum absolute atomic E-state index is 12.7. The second-order valence-electron chi connectivity index (χ2n) is 5.44. The van der Waals surface area contributed by atoms with Gasteiger partial charge >= 0.3 is 0 Å². The van der Waals surface area contributed by atoms with E-state index in [1.54, 1.807) is 17.9 Å². The first-order chi connectivity index (χ1) is 11.0. The molecule has 3 rings (SSSR count). The van der Waals surface area contributed by atoms with Gasteiger partial charge in [0.25, 0.3) is 0 Å². The fourth-order valence-corrected chi connectivity index (χ4v) is 4.17. The lowest BCUT2D eigenvalue weighted by molar-refractivity contribution is -0.132. The van der Waals surface area contributed by atoms with Crippen molar-refractivity contribution in [1.82, 2.24) is 9.21 Å². The van der Waals surface area contributed by atoms with Crippen molar-refractivity contribution in [3.05, 3.63) is 18.2 Å². The summed E-state index contributed by atoms with van der Waals surface area (Å²) in [4.78, 5) is 13.6. The Balaban J connectivity index is 1.76. The van der Waals surface area contributed by atoms with Crippen LogP contribution in [0.2, 0.25) is 0 Å². The fraction of sp³-hybridized carbons (Fsp3) is 0.533. The number of nitrogens with zero attached hydrogens (tertiary/aromatic N) is 2. The molecule has 23 heavy (non-hydrogen) atoms. The van der Waals surface area contributed by atoms with E-state index in [0.717, 1.165) is 0 Å². The summed E-state index contributed by atoms with van der Waals surface area (Å²) in [6, 6.07) is 4.66. The number of carbonyl (C=O) groups is 1. The molecule has 1 fully saturated rings. The smallest absolute Gasteiger partial charge is 0.243 e. The summed E-state index contributed by atoms with van der Waals surface area (Å²) in [5, 5.41) is 0. The van der Waals surface area contributed by atoms with Crippen molar-refractivity contribution in [2.45, 2.75) is 18.2 Å². The Labute approximate surface area is 135 Å². The van der Waals surface area contributed by atoms with Gasteiger partial charge in [-0.25, -0.2) is 8.42 Å². The van der Waals surface area contributed by atoms with Crippen LogP contribution in [-0.4, -0.2) is 62.9 Å². The number of piperazine rings is 1. The third kappa shape index (κ3) is 3.13. The highest BCUT2D eigenvalue weighted by atomic mass is 32.2. The van der Waals surface area contributed by atoms with Crippen molar-refractivity contribution in [1.29, 1.82) is 0 Å². The Hall–Kier alpha value is -1.80. The number of benzene rings is 1. The van der Waals surface area contributed by atoms with Gasteiger partial charge < -0.3 is 14.4 Å². The normalized spacial score (nSPS) is 18.7. The molecule has 0 aromatic heterocycles. The van der Waals surface area contributed by atoms with Gasteiger partial charge in [0.1, 0.15) is 13.2 Å². The van der Waals surface area contributed by atoms with Gasteiger partial charge in [0, 0.05) is 38.7 Å². The van der Waals surface area contributed by atoms with Crippen LogP contribution in [0.3, 0.4) is 0 Å². The number of ether oxygens (including phenoxy) is 2. The molecule has 1 amide bonds. The van der Waals surface area contributed by atoms with Gasteiger partial charge in [0.2, 0.25) is 15.9 Å². The fourth-order valence-electron chi connectivity index (χ4n) is 2.73. The van der Waals surface area contributed by atoms with Crippen molar-refractivity contribution in [3.8, 4) is 11.5 Å². The van der Waals surface area contributed by atoms with Gasteiger partial charge in [-0.2, -0.15) is 4.31 Å². The molecule has 1 aromatic carbocycles. The van der Waals surface area contributed by atoms with Crippen molar-refractivity contribution in [3.63, 3.8) is 0 Å². The lowest BCUT2D eigenvalue weighted by Gasteiger charge is -2.34. The zero-order valence-corrected chi connectivity index (χ0v) is 13.8. The average molecular weight is 340 g/mol. The van der Waals surface area contributed by atoms with E-state index in [1.165, 1.54) is 16.4 Å². The number of carbonyl (C=O) groups excluding carboxylic acids is 1. The van der Waals surface area contributed by atoms with Crippen LogP contribution in [-0.2, 0) is 14.8 Å². The monoisotopic (exact) mass is 340 g/mol. The number of sulfonamides is 1. The van der Waals surface area contributed by atoms with E-state index in [-0.39, 0.29) is 10.8 Å². The minimum atomic E-state index is -3.59. The molecular formula is C15H20N2O5S. The quantitative estimate of drug-likeness (QED) is 0.810. The third-order valence-corrected chi connectivity index (χ3v) is 5.94. The molecule has 8 heteroatoms. The van der Waals surface area contributed by atoms with Gasteiger partial charge in [-0.1, -0.05) is 6.92 Å². The van der Waals surface area contributed by atoms with Gasteiger partial charge in [-0.05, 0) is 12.1 Å². The Morgan fingerprint density at radius 2 is 1.74 bits per heavy atom. The Morgan fingerprint density at radius 3 is 2.39 bits per heavy atom. The van der Waals surface area contributed by atoms with E-state index in [4.69, 9.17) is 9.47 Å².